The van der Waals surface area contributed by atoms with Crippen LogP contribution in [-0.4, -0.2) is 48.9 Å². The van der Waals surface area contributed by atoms with Crippen molar-refractivity contribution in [2.45, 2.75) is 23.5 Å². The summed E-state index contributed by atoms with van der Waals surface area (Å²) < 4.78 is 18.2. The molecule has 0 aliphatic rings. The lowest BCUT2D eigenvalue weighted by Gasteiger charge is -2.16. The Kier molecular flexibility index (Phi) is 10.7. The van der Waals surface area contributed by atoms with Crippen LogP contribution >= 0.6 is 11.8 Å². The highest BCUT2D eigenvalue weighted by Crippen LogP contribution is 2.39. The second-order valence-electron chi connectivity index (χ2n) is 11.5. The summed E-state index contributed by atoms with van der Waals surface area (Å²) in [7, 11) is 4.51. The molecule has 0 saturated carbocycles. The number of nitrogens with zero attached hydrogens (tertiary/aromatic N) is 1. The number of hydrogen-bond donors (Lipinski definition) is 2. The molecule has 5 aromatic carbocycles. The molecule has 0 bridgehead atoms. The minimum atomic E-state index is -0.540. The molecule has 1 heterocycles. The number of carbonyl (C=O) groups excluding carboxylic acids is 3. The number of hydrogen-bond acceptors (Lipinski definition) is 7. The van der Waals surface area contributed by atoms with Crippen molar-refractivity contribution in [2.24, 2.45) is 0 Å². The van der Waals surface area contributed by atoms with E-state index in [0.717, 1.165) is 26.7 Å². The van der Waals surface area contributed by atoms with Gasteiger partial charge in [0.15, 0.2) is 11.5 Å². The number of fused-ring (bicyclic) bond motifs is 3. The SMILES string of the molecule is CCC(Sc1ccc(NC(=O)/C(=C/c2cc(OC)c(OC)c(OC)c2)NC(=O)c2ccccc2)cc1)C(=O)n1c2ccccc2c2ccccc21. The third kappa shape index (κ3) is 7.46. The fourth-order valence-electron chi connectivity index (χ4n) is 5.89. The van der Waals surface area contributed by atoms with Crippen molar-refractivity contribution in [3.05, 3.63) is 132 Å². The van der Waals surface area contributed by atoms with Gasteiger partial charge in [0.2, 0.25) is 11.7 Å². The van der Waals surface area contributed by atoms with E-state index in [1.54, 1.807) is 54.6 Å². The number of carbonyl (C=O) groups is 3. The standard InChI is InChI=1S/C41H37N3O6S/c1-5-37(41(47)44-33-17-11-9-15-30(33)31-16-10-12-18-34(31)44)51-29-21-19-28(20-22-29)42-40(46)32(43-39(45)27-13-7-6-8-14-27)23-26-24-35(48-2)38(50-4)36(25-26)49-3/h6-25,37H,5H2,1-4H3,(H,42,46)(H,43,45)/b32-23-. The maximum Gasteiger partial charge on any atom is 0.272 e. The molecule has 6 rings (SSSR count). The monoisotopic (exact) mass is 699 g/mol. The summed E-state index contributed by atoms with van der Waals surface area (Å²) in [4.78, 5) is 41.8. The summed E-state index contributed by atoms with van der Waals surface area (Å²) in [6, 6.07) is 35.2. The molecular weight excluding hydrogens is 663 g/mol. The molecule has 0 saturated heterocycles. The second-order valence-corrected chi connectivity index (χ2v) is 12.8. The zero-order valence-electron chi connectivity index (χ0n) is 28.6. The van der Waals surface area contributed by atoms with Crippen molar-refractivity contribution in [3.63, 3.8) is 0 Å². The Balaban J connectivity index is 1.23. The van der Waals surface area contributed by atoms with Crippen LogP contribution in [0, 0.1) is 0 Å². The number of aromatic nitrogens is 1. The number of amides is 2. The molecule has 1 unspecified atom stereocenters. The van der Waals surface area contributed by atoms with Gasteiger partial charge in [0.1, 0.15) is 5.70 Å². The van der Waals surface area contributed by atoms with Crippen molar-refractivity contribution in [1.82, 2.24) is 9.88 Å². The lowest BCUT2D eigenvalue weighted by atomic mass is 10.1. The maximum absolute atomic E-state index is 14.0. The quantitative estimate of drug-likeness (QED) is 0.0975. The van der Waals surface area contributed by atoms with Crippen molar-refractivity contribution in [1.29, 1.82) is 0 Å². The van der Waals surface area contributed by atoms with E-state index in [2.05, 4.69) is 10.6 Å². The van der Waals surface area contributed by atoms with E-state index in [1.807, 2.05) is 72.2 Å². The molecule has 0 spiro atoms. The predicted octanol–water partition coefficient (Wildman–Crippen LogP) is 8.44. The zero-order valence-corrected chi connectivity index (χ0v) is 29.5. The zero-order chi connectivity index (χ0) is 35.9. The van der Waals surface area contributed by atoms with E-state index in [0.29, 0.717) is 40.5 Å². The summed E-state index contributed by atoms with van der Waals surface area (Å²) in [5, 5.41) is 7.39. The average molecular weight is 700 g/mol. The van der Waals surface area contributed by atoms with Crippen molar-refractivity contribution in [3.8, 4) is 17.2 Å². The van der Waals surface area contributed by atoms with E-state index in [1.165, 1.54) is 39.2 Å². The highest BCUT2D eigenvalue weighted by molar-refractivity contribution is 8.00. The molecule has 2 N–H and O–H groups in total. The van der Waals surface area contributed by atoms with Gasteiger partial charge in [0, 0.05) is 26.9 Å². The molecule has 10 heteroatoms. The van der Waals surface area contributed by atoms with Crippen LogP contribution in [0.2, 0.25) is 0 Å². The van der Waals surface area contributed by atoms with Crippen molar-refractivity contribution < 1.29 is 28.6 Å². The molecule has 1 aromatic heterocycles. The van der Waals surface area contributed by atoms with Crippen LogP contribution in [0.25, 0.3) is 27.9 Å². The number of benzene rings is 5. The summed E-state index contributed by atoms with van der Waals surface area (Å²) in [5.74, 6) is 0.209. The number of nitrogens with one attached hydrogen (secondary N) is 2. The van der Waals surface area contributed by atoms with Gasteiger partial charge >= 0.3 is 0 Å². The molecule has 1 atom stereocenters. The highest BCUT2D eigenvalue weighted by Gasteiger charge is 2.24. The lowest BCUT2D eigenvalue weighted by molar-refractivity contribution is -0.113. The van der Waals surface area contributed by atoms with E-state index in [9.17, 15) is 14.4 Å². The molecule has 0 aliphatic heterocycles. The number of methoxy groups -OCH3 is 3. The first-order valence-electron chi connectivity index (χ1n) is 16.3. The second kappa shape index (κ2) is 15.7. The molecule has 9 nitrogen and oxygen atoms in total. The summed E-state index contributed by atoms with van der Waals surface area (Å²) >= 11 is 1.48. The molecule has 6 aromatic rings. The molecule has 0 aliphatic carbocycles. The smallest absolute Gasteiger partial charge is 0.272 e. The van der Waals surface area contributed by atoms with Gasteiger partial charge in [0.05, 0.1) is 37.6 Å². The van der Waals surface area contributed by atoms with Gasteiger partial charge in [-0.1, -0.05) is 61.5 Å². The highest BCUT2D eigenvalue weighted by atomic mass is 32.2. The van der Waals surface area contributed by atoms with Crippen LogP contribution < -0.4 is 24.8 Å². The maximum atomic E-state index is 14.0. The van der Waals surface area contributed by atoms with Crippen LogP contribution in [0.5, 0.6) is 17.2 Å². The Morgan fingerprint density at radius 2 is 1.31 bits per heavy atom. The fourth-order valence-corrected chi connectivity index (χ4v) is 6.88. The number of anilines is 1. The number of rotatable bonds is 12. The van der Waals surface area contributed by atoms with E-state index >= 15 is 0 Å². The molecule has 0 radical (unpaired) electrons. The van der Waals surface area contributed by atoms with Gasteiger partial charge in [-0.15, -0.1) is 11.8 Å². The van der Waals surface area contributed by atoms with Crippen LogP contribution in [0.3, 0.4) is 0 Å². The number of thioether (sulfide) groups is 1. The predicted molar refractivity (Wildman–Crippen MR) is 203 cm³/mol. The number of ether oxygens (including phenoxy) is 3. The minimum absolute atomic E-state index is 0.000558. The minimum Gasteiger partial charge on any atom is -0.493 e. The van der Waals surface area contributed by atoms with E-state index in [-0.39, 0.29) is 16.9 Å². The Labute approximate surface area is 300 Å². The normalized spacial score (nSPS) is 12.0. The van der Waals surface area contributed by atoms with E-state index in [4.69, 9.17) is 14.2 Å². The first-order valence-corrected chi connectivity index (χ1v) is 17.2. The molecule has 258 valence electrons. The summed E-state index contributed by atoms with van der Waals surface area (Å²) in [6.07, 6.45) is 2.16. The van der Waals surface area contributed by atoms with Crippen LogP contribution in [0.15, 0.2) is 126 Å². The molecular formula is C41H37N3O6S. The lowest BCUT2D eigenvalue weighted by Crippen LogP contribution is -2.30. The Morgan fingerprint density at radius 3 is 1.86 bits per heavy atom. The number of para-hydroxylation sites is 2. The van der Waals surface area contributed by atoms with Gasteiger partial charge in [0.25, 0.3) is 11.8 Å². The third-order valence-electron chi connectivity index (χ3n) is 8.36. The van der Waals surface area contributed by atoms with Gasteiger partial charge < -0.3 is 24.8 Å². The molecule has 2 amide bonds. The Hall–Kier alpha value is -6.00. The largest absolute Gasteiger partial charge is 0.493 e. The van der Waals surface area contributed by atoms with Gasteiger partial charge in [-0.05, 0) is 78.7 Å². The summed E-state index contributed by atoms with van der Waals surface area (Å²) in [6.45, 7) is 2.00. The van der Waals surface area contributed by atoms with Gasteiger partial charge in [-0.25, -0.2) is 0 Å². The first-order chi connectivity index (χ1) is 24.8. The third-order valence-corrected chi connectivity index (χ3v) is 9.73. The fraction of sp³-hybridized carbons (Fsp3) is 0.146. The van der Waals surface area contributed by atoms with Crippen LogP contribution in [-0.2, 0) is 4.79 Å². The van der Waals surface area contributed by atoms with Crippen LogP contribution in [0.1, 0.15) is 34.1 Å². The topological polar surface area (TPSA) is 108 Å². The Bertz CT molecular complexity index is 2170. The van der Waals surface area contributed by atoms with Crippen molar-refractivity contribution in [2.75, 3.05) is 26.6 Å². The van der Waals surface area contributed by atoms with Gasteiger partial charge in [-0.3, -0.25) is 19.0 Å². The molecule has 51 heavy (non-hydrogen) atoms. The van der Waals surface area contributed by atoms with Gasteiger partial charge in [-0.2, -0.15) is 0 Å². The first kappa shape index (κ1) is 34.8. The Morgan fingerprint density at radius 1 is 0.745 bits per heavy atom. The summed E-state index contributed by atoms with van der Waals surface area (Å²) in [5.41, 5.74) is 3.21. The van der Waals surface area contributed by atoms with Crippen LogP contribution in [0.4, 0.5) is 5.69 Å². The van der Waals surface area contributed by atoms with E-state index < -0.39 is 11.8 Å². The average Bonchev–Trinajstić information content (AvgIpc) is 3.51. The van der Waals surface area contributed by atoms with Crippen molar-refractivity contribution >= 4 is 63.1 Å². The molecule has 0 fully saturated rings.